The highest BCUT2D eigenvalue weighted by atomic mass is 19.4. The van der Waals surface area contributed by atoms with Crippen molar-refractivity contribution in [2.24, 2.45) is 11.8 Å². The van der Waals surface area contributed by atoms with Crippen LogP contribution in [0.3, 0.4) is 0 Å². The Kier molecular flexibility index (Phi) is 7.43. The highest BCUT2D eigenvalue weighted by molar-refractivity contribution is 6.25. The lowest BCUT2D eigenvalue weighted by molar-refractivity contribution is -0.275. The number of nitrogens with zero attached hydrogens (tertiary/aromatic N) is 2. The number of ketones is 3. The first-order chi connectivity index (χ1) is 19.6. The average Bonchev–Trinajstić information content (AvgIpc) is 3.40. The molecule has 0 saturated carbocycles. The van der Waals surface area contributed by atoms with Gasteiger partial charge in [-0.1, -0.05) is 6.92 Å². The molecule has 42 heavy (non-hydrogen) atoms. The van der Waals surface area contributed by atoms with Crippen LogP contribution in [0.5, 0.6) is 11.5 Å². The number of alkyl halides is 3. The van der Waals surface area contributed by atoms with Crippen LogP contribution in [0.4, 0.5) is 13.2 Å². The zero-order valence-electron chi connectivity index (χ0n) is 23.4. The van der Waals surface area contributed by atoms with Crippen molar-refractivity contribution < 1.29 is 52.7 Å². The number of aliphatic hydroxyl groups excluding tert-OH is 2. The number of ether oxygens (including phenoxy) is 1. The first-order valence-corrected chi connectivity index (χ1v) is 13.9. The zero-order valence-corrected chi connectivity index (χ0v) is 23.4. The van der Waals surface area contributed by atoms with Gasteiger partial charge in [0.15, 0.2) is 17.2 Å². The Hall–Kier alpha value is -3.42. The maximum atomic E-state index is 13.8. The molecule has 5 rings (SSSR count). The number of halogens is 3. The topological polar surface area (TPSA) is 148 Å². The summed E-state index contributed by atoms with van der Waals surface area (Å²) < 4.78 is 45.5. The van der Waals surface area contributed by atoms with Crippen LogP contribution in [0, 0.1) is 11.8 Å². The lowest BCUT2D eigenvalue weighted by Gasteiger charge is -2.50. The molecule has 0 aromatic heterocycles. The quantitative estimate of drug-likeness (QED) is 0.362. The average molecular weight is 595 g/mol. The summed E-state index contributed by atoms with van der Waals surface area (Å²) in [4.78, 5) is 43.2. The Morgan fingerprint density at radius 3 is 2.40 bits per heavy atom. The van der Waals surface area contributed by atoms with Crippen LogP contribution >= 0.6 is 0 Å². The molecule has 0 radical (unpaired) electrons. The van der Waals surface area contributed by atoms with E-state index in [2.05, 4.69) is 4.74 Å². The van der Waals surface area contributed by atoms with E-state index in [1.54, 1.807) is 18.9 Å². The van der Waals surface area contributed by atoms with Crippen LogP contribution in [-0.2, 0) is 22.6 Å². The molecule has 3 aliphatic carbocycles. The number of fused-ring (bicyclic) bond motifs is 3. The van der Waals surface area contributed by atoms with E-state index in [0.717, 1.165) is 25.8 Å². The number of phenols is 1. The SMILES string of the molecule is CCN(C)[C@@H]1C(O)=C(C(C)=O)C(=O)[C@@]2(O)C(O)=C3C(=O)c4c(O)cc(CN5CCCC5)c(OC(F)(F)F)c4C[C@H]3C[C@@H]12. The molecule has 4 aliphatic rings. The van der Waals surface area contributed by atoms with E-state index in [1.165, 1.54) is 0 Å². The van der Waals surface area contributed by atoms with Gasteiger partial charge < -0.3 is 25.2 Å². The van der Waals surface area contributed by atoms with Crippen molar-refractivity contribution in [1.82, 2.24) is 9.80 Å². The van der Waals surface area contributed by atoms with E-state index in [0.29, 0.717) is 19.6 Å². The first-order valence-electron chi connectivity index (χ1n) is 13.9. The van der Waals surface area contributed by atoms with Crippen molar-refractivity contribution in [2.75, 3.05) is 26.7 Å². The molecule has 10 nitrogen and oxygen atoms in total. The monoisotopic (exact) mass is 594 g/mol. The highest BCUT2D eigenvalue weighted by Gasteiger charge is 2.63. The number of allylic oxidation sites excluding steroid dienone is 1. The minimum Gasteiger partial charge on any atom is -0.510 e. The lowest BCUT2D eigenvalue weighted by atomic mass is 9.58. The molecule has 0 spiro atoms. The number of carbonyl (C=O) groups is 3. The van der Waals surface area contributed by atoms with E-state index >= 15 is 0 Å². The number of aromatic hydroxyl groups is 1. The lowest BCUT2D eigenvalue weighted by Crippen LogP contribution is -2.63. The number of rotatable bonds is 6. The van der Waals surface area contributed by atoms with Gasteiger partial charge in [0, 0.05) is 29.2 Å². The van der Waals surface area contributed by atoms with Crippen LogP contribution in [-0.4, -0.2) is 92.3 Å². The molecular formula is C29H33F3N2O8. The molecule has 1 aromatic rings. The minimum atomic E-state index is -5.11. The Labute approximate surface area is 239 Å². The molecule has 1 heterocycles. The van der Waals surface area contributed by atoms with Crippen LogP contribution in [0.15, 0.2) is 28.7 Å². The fraction of sp³-hybridized carbons (Fsp3) is 0.552. The number of benzene rings is 1. The summed E-state index contributed by atoms with van der Waals surface area (Å²) in [5, 5.41) is 45.2. The molecule has 1 aromatic carbocycles. The number of aliphatic hydroxyl groups is 3. The van der Waals surface area contributed by atoms with Gasteiger partial charge in [-0.15, -0.1) is 13.2 Å². The zero-order chi connectivity index (χ0) is 30.9. The Morgan fingerprint density at radius 2 is 1.83 bits per heavy atom. The summed E-state index contributed by atoms with van der Waals surface area (Å²) in [5.41, 5.74) is -4.57. The summed E-state index contributed by atoms with van der Waals surface area (Å²) in [6, 6.07) is -0.0845. The molecule has 4 atom stereocenters. The third kappa shape index (κ3) is 4.58. The number of Topliss-reactive ketones (excluding diaryl/α,β-unsaturated/α-hetero) is 3. The Balaban J connectivity index is 1.69. The summed E-state index contributed by atoms with van der Waals surface area (Å²) >= 11 is 0. The molecular weight excluding hydrogens is 561 g/mol. The van der Waals surface area contributed by atoms with E-state index < -0.39 is 86.9 Å². The maximum Gasteiger partial charge on any atom is 0.573 e. The standard InChI is InChI=1S/C29H33F3N2O8/c1-4-33(3)22-17-10-14-9-16-21(18(36)11-15(12-34-7-5-6-8-34)25(16)42-29(30,31)32)23(37)20(14)27(40)28(17,41)26(39)19(13(2)35)24(22)38/h11,14,17,22,36,38,40-41H,4-10,12H2,1-3H3/t14-,17-,22-,28+/m0/s1. The molecule has 0 unspecified atom stereocenters. The summed E-state index contributed by atoms with van der Waals surface area (Å²) in [5.74, 6) is -8.28. The predicted octanol–water partition coefficient (Wildman–Crippen LogP) is 3.11. The van der Waals surface area contributed by atoms with E-state index in [-0.39, 0.29) is 30.5 Å². The molecule has 13 heteroatoms. The van der Waals surface area contributed by atoms with E-state index in [9.17, 15) is 48.0 Å². The summed E-state index contributed by atoms with van der Waals surface area (Å²) in [6.07, 6.45) is -3.88. The molecule has 0 amide bonds. The van der Waals surface area contributed by atoms with Crippen molar-refractivity contribution in [3.05, 3.63) is 45.4 Å². The van der Waals surface area contributed by atoms with Crippen LogP contribution in [0.1, 0.15) is 54.6 Å². The van der Waals surface area contributed by atoms with Gasteiger partial charge in [-0.05, 0) is 71.3 Å². The summed E-state index contributed by atoms with van der Waals surface area (Å²) in [7, 11) is 1.57. The van der Waals surface area contributed by atoms with Gasteiger partial charge in [0.2, 0.25) is 5.78 Å². The van der Waals surface area contributed by atoms with Crippen LogP contribution in [0.2, 0.25) is 0 Å². The molecule has 1 saturated heterocycles. The normalized spacial score (nSPS) is 28.2. The van der Waals surface area contributed by atoms with Gasteiger partial charge in [0.05, 0.1) is 11.6 Å². The van der Waals surface area contributed by atoms with Crippen molar-refractivity contribution >= 4 is 17.3 Å². The number of phenolic OH excluding ortho intramolecular Hbond substituents is 1. The van der Waals surface area contributed by atoms with Crippen molar-refractivity contribution in [1.29, 1.82) is 0 Å². The van der Waals surface area contributed by atoms with Gasteiger partial charge >= 0.3 is 6.36 Å². The van der Waals surface area contributed by atoms with Crippen LogP contribution < -0.4 is 4.74 Å². The third-order valence-electron chi connectivity index (χ3n) is 9.08. The number of hydrogen-bond donors (Lipinski definition) is 4. The Morgan fingerprint density at radius 1 is 1.19 bits per heavy atom. The molecule has 1 aliphatic heterocycles. The summed E-state index contributed by atoms with van der Waals surface area (Å²) in [6.45, 7) is 4.38. The number of carbonyl (C=O) groups excluding carboxylic acids is 3. The van der Waals surface area contributed by atoms with Gasteiger partial charge in [0.1, 0.15) is 28.6 Å². The fourth-order valence-electron chi connectivity index (χ4n) is 7.11. The van der Waals surface area contributed by atoms with E-state index in [1.807, 2.05) is 4.90 Å². The van der Waals surface area contributed by atoms with Crippen LogP contribution in [0.25, 0.3) is 0 Å². The minimum absolute atomic E-state index is 0.0466. The van der Waals surface area contributed by atoms with Crippen molar-refractivity contribution in [2.45, 2.75) is 64.1 Å². The van der Waals surface area contributed by atoms with Crippen molar-refractivity contribution in [3.8, 4) is 11.5 Å². The maximum absolute atomic E-state index is 13.8. The smallest absolute Gasteiger partial charge is 0.510 e. The first kappa shape index (κ1) is 30.1. The second-order valence-electron chi connectivity index (χ2n) is 11.5. The number of likely N-dealkylation sites (tertiary alicyclic amines) is 1. The van der Waals surface area contributed by atoms with Gasteiger partial charge in [0.25, 0.3) is 0 Å². The van der Waals surface area contributed by atoms with Gasteiger partial charge in [-0.25, -0.2) is 0 Å². The van der Waals surface area contributed by atoms with E-state index in [4.69, 9.17) is 0 Å². The second kappa shape index (κ2) is 10.4. The second-order valence-corrected chi connectivity index (χ2v) is 11.5. The predicted molar refractivity (Wildman–Crippen MR) is 141 cm³/mol. The van der Waals surface area contributed by atoms with Gasteiger partial charge in [-0.2, -0.15) is 0 Å². The van der Waals surface area contributed by atoms with Crippen molar-refractivity contribution in [3.63, 3.8) is 0 Å². The molecule has 228 valence electrons. The highest BCUT2D eigenvalue weighted by Crippen LogP contribution is 2.54. The third-order valence-corrected chi connectivity index (χ3v) is 9.08. The molecule has 4 N–H and O–H groups in total. The molecule has 1 fully saturated rings. The Bertz CT molecular complexity index is 1430. The fourth-order valence-corrected chi connectivity index (χ4v) is 7.11. The largest absolute Gasteiger partial charge is 0.573 e. The number of hydrogen-bond acceptors (Lipinski definition) is 10. The number of likely N-dealkylation sites (N-methyl/N-ethyl adjacent to an activating group) is 1. The molecule has 0 bridgehead atoms. The van der Waals surface area contributed by atoms with Gasteiger partial charge in [-0.3, -0.25) is 24.2 Å².